The summed E-state index contributed by atoms with van der Waals surface area (Å²) < 4.78 is 44.1. The summed E-state index contributed by atoms with van der Waals surface area (Å²) in [7, 11) is 0. The van der Waals surface area contributed by atoms with Gasteiger partial charge in [-0.3, -0.25) is 5.32 Å². The van der Waals surface area contributed by atoms with Crippen LogP contribution in [0.2, 0.25) is 0 Å². The lowest BCUT2D eigenvalue weighted by Crippen LogP contribution is -2.27. The second kappa shape index (κ2) is 4.75. The third-order valence-electron chi connectivity index (χ3n) is 1.77. The Balaban J connectivity index is 2.99. The molecule has 1 aromatic rings. The Kier molecular flexibility index (Phi) is 3.73. The first-order valence-electron chi connectivity index (χ1n) is 4.98. The van der Waals surface area contributed by atoms with Crippen molar-refractivity contribution in [1.82, 2.24) is 0 Å². The third-order valence-corrected chi connectivity index (χ3v) is 1.77. The first-order chi connectivity index (χ1) is 8.11. The second-order valence-corrected chi connectivity index (χ2v) is 4.50. The number of amides is 1. The Labute approximate surface area is 101 Å². The number of hydrogen-bond acceptors (Lipinski definition) is 3. The zero-order chi connectivity index (χ0) is 14.1. The summed E-state index contributed by atoms with van der Waals surface area (Å²) in [5.74, 6) is -5.78. The Morgan fingerprint density at radius 2 is 1.83 bits per heavy atom. The fourth-order valence-corrected chi connectivity index (χ4v) is 1.10. The van der Waals surface area contributed by atoms with E-state index < -0.39 is 40.6 Å². The van der Waals surface area contributed by atoms with Crippen LogP contribution in [0.15, 0.2) is 6.07 Å². The number of carbonyl (C=O) groups is 1. The molecular weight excluding hydrogens is 251 g/mol. The van der Waals surface area contributed by atoms with Crippen LogP contribution in [0.4, 0.5) is 23.7 Å². The van der Waals surface area contributed by atoms with Crippen molar-refractivity contribution in [3.8, 4) is 5.75 Å². The van der Waals surface area contributed by atoms with Crippen molar-refractivity contribution in [1.29, 1.82) is 0 Å². The lowest BCUT2D eigenvalue weighted by Gasteiger charge is -2.20. The van der Waals surface area contributed by atoms with Gasteiger partial charge in [0, 0.05) is 6.07 Å². The third kappa shape index (κ3) is 3.28. The molecule has 0 aliphatic heterocycles. The van der Waals surface area contributed by atoms with E-state index in [2.05, 4.69) is 0 Å². The fraction of sp³-hybridized carbons (Fsp3) is 0.364. The Hall–Kier alpha value is -1.92. The van der Waals surface area contributed by atoms with Crippen LogP contribution in [-0.4, -0.2) is 16.8 Å². The molecule has 0 bridgehead atoms. The standard InChI is InChI=1S/C11H12F3NO3/c1-11(2,3)18-10(17)15-8-5(12)4-6(13)9(16)7(8)14/h4,16H,1-3H3,(H,15,17). The molecular formula is C11H12F3NO3. The number of rotatable bonds is 1. The van der Waals surface area contributed by atoms with Gasteiger partial charge in [0.2, 0.25) is 0 Å². The number of carbonyl (C=O) groups excluding carboxylic acids is 1. The summed E-state index contributed by atoms with van der Waals surface area (Å²) in [6, 6.07) is 0.255. The molecule has 0 radical (unpaired) electrons. The summed E-state index contributed by atoms with van der Waals surface area (Å²) in [6.45, 7) is 4.67. The highest BCUT2D eigenvalue weighted by molar-refractivity contribution is 5.85. The van der Waals surface area contributed by atoms with E-state index in [-0.39, 0.29) is 6.07 Å². The maximum Gasteiger partial charge on any atom is 0.412 e. The topological polar surface area (TPSA) is 58.6 Å². The van der Waals surface area contributed by atoms with Gasteiger partial charge < -0.3 is 9.84 Å². The maximum absolute atomic E-state index is 13.3. The van der Waals surface area contributed by atoms with E-state index >= 15 is 0 Å². The lowest BCUT2D eigenvalue weighted by atomic mass is 10.2. The number of halogens is 3. The molecule has 1 amide bonds. The molecule has 0 saturated carbocycles. The molecule has 18 heavy (non-hydrogen) atoms. The van der Waals surface area contributed by atoms with Crippen molar-refractivity contribution in [3.05, 3.63) is 23.5 Å². The van der Waals surface area contributed by atoms with Crippen molar-refractivity contribution in [2.75, 3.05) is 5.32 Å². The molecule has 0 unspecified atom stereocenters. The average Bonchev–Trinajstić information content (AvgIpc) is 2.19. The molecule has 100 valence electrons. The zero-order valence-electron chi connectivity index (χ0n) is 9.97. The molecule has 0 atom stereocenters. The largest absolute Gasteiger partial charge is 0.503 e. The Bertz CT molecular complexity index is 483. The van der Waals surface area contributed by atoms with Crippen LogP contribution < -0.4 is 5.32 Å². The predicted octanol–water partition coefficient (Wildman–Crippen LogP) is 3.16. The van der Waals surface area contributed by atoms with E-state index in [0.29, 0.717) is 0 Å². The van der Waals surface area contributed by atoms with Gasteiger partial charge in [-0.15, -0.1) is 0 Å². The zero-order valence-corrected chi connectivity index (χ0v) is 9.97. The van der Waals surface area contributed by atoms with Crippen molar-refractivity contribution < 1.29 is 27.8 Å². The van der Waals surface area contributed by atoms with Crippen LogP contribution in [0, 0.1) is 17.5 Å². The molecule has 0 aliphatic rings. The minimum Gasteiger partial charge on any atom is -0.503 e. The number of hydrogen-bond donors (Lipinski definition) is 2. The van der Waals surface area contributed by atoms with Gasteiger partial charge in [-0.25, -0.2) is 18.0 Å². The van der Waals surface area contributed by atoms with Crippen LogP contribution >= 0.6 is 0 Å². The lowest BCUT2D eigenvalue weighted by molar-refractivity contribution is 0.0634. The van der Waals surface area contributed by atoms with Crippen LogP contribution in [0.25, 0.3) is 0 Å². The van der Waals surface area contributed by atoms with Crippen molar-refractivity contribution in [2.45, 2.75) is 26.4 Å². The van der Waals surface area contributed by atoms with Crippen LogP contribution in [0.5, 0.6) is 5.75 Å². The van der Waals surface area contributed by atoms with E-state index in [9.17, 15) is 18.0 Å². The molecule has 0 saturated heterocycles. The van der Waals surface area contributed by atoms with Crippen LogP contribution in [-0.2, 0) is 4.74 Å². The van der Waals surface area contributed by atoms with Crippen LogP contribution in [0.1, 0.15) is 20.8 Å². The van der Waals surface area contributed by atoms with Crippen molar-refractivity contribution in [2.24, 2.45) is 0 Å². The fourth-order valence-electron chi connectivity index (χ4n) is 1.10. The van der Waals surface area contributed by atoms with Gasteiger partial charge in [-0.2, -0.15) is 0 Å². The van der Waals surface area contributed by atoms with E-state index in [1.54, 1.807) is 26.1 Å². The highest BCUT2D eigenvalue weighted by Gasteiger charge is 2.23. The average molecular weight is 263 g/mol. The minimum absolute atomic E-state index is 0.255. The summed E-state index contributed by atoms with van der Waals surface area (Å²) in [5.41, 5.74) is -1.83. The molecule has 0 spiro atoms. The molecule has 1 rings (SSSR count). The Morgan fingerprint density at radius 1 is 1.28 bits per heavy atom. The second-order valence-electron chi connectivity index (χ2n) is 4.50. The SMILES string of the molecule is CC(C)(C)OC(=O)Nc1c(F)cc(F)c(O)c1F. The van der Waals surface area contributed by atoms with Gasteiger partial charge in [0.25, 0.3) is 0 Å². The summed E-state index contributed by atoms with van der Waals surface area (Å²) in [5, 5.41) is 10.7. The minimum atomic E-state index is -1.60. The molecule has 0 aliphatic carbocycles. The number of nitrogens with one attached hydrogen (secondary N) is 1. The number of phenols is 1. The number of aromatic hydroxyl groups is 1. The number of phenolic OH excluding ortho intramolecular Hbond substituents is 1. The summed E-state index contributed by atoms with van der Waals surface area (Å²) in [4.78, 5) is 11.3. The van der Waals surface area contributed by atoms with E-state index in [0.717, 1.165) is 0 Å². The highest BCUT2D eigenvalue weighted by atomic mass is 19.1. The number of benzene rings is 1. The van der Waals surface area contributed by atoms with E-state index in [4.69, 9.17) is 9.84 Å². The van der Waals surface area contributed by atoms with Gasteiger partial charge in [0.15, 0.2) is 23.2 Å². The monoisotopic (exact) mass is 263 g/mol. The normalized spacial score (nSPS) is 11.2. The number of ether oxygens (including phenoxy) is 1. The molecule has 4 nitrogen and oxygen atoms in total. The summed E-state index contributed by atoms with van der Waals surface area (Å²) in [6.07, 6.45) is -1.12. The molecule has 2 N–H and O–H groups in total. The van der Waals surface area contributed by atoms with Gasteiger partial charge >= 0.3 is 6.09 Å². The molecule has 0 heterocycles. The van der Waals surface area contributed by atoms with Crippen LogP contribution in [0.3, 0.4) is 0 Å². The van der Waals surface area contributed by atoms with E-state index in [1.165, 1.54) is 0 Å². The first-order valence-corrected chi connectivity index (χ1v) is 4.98. The predicted molar refractivity (Wildman–Crippen MR) is 57.8 cm³/mol. The quantitative estimate of drug-likeness (QED) is 0.818. The van der Waals surface area contributed by atoms with Gasteiger partial charge in [-0.05, 0) is 20.8 Å². The summed E-state index contributed by atoms with van der Waals surface area (Å²) >= 11 is 0. The van der Waals surface area contributed by atoms with Gasteiger partial charge in [0.1, 0.15) is 11.3 Å². The first kappa shape index (κ1) is 14.1. The van der Waals surface area contributed by atoms with Gasteiger partial charge in [-0.1, -0.05) is 0 Å². The van der Waals surface area contributed by atoms with Gasteiger partial charge in [0.05, 0.1) is 0 Å². The van der Waals surface area contributed by atoms with E-state index in [1.807, 2.05) is 0 Å². The number of anilines is 1. The maximum atomic E-state index is 13.3. The molecule has 0 aromatic heterocycles. The highest BCUT2D eigenvalue weighted by Crippen LogP contribution is 2.29. The smallest absolute Gasteiger partial charge is 0.412 e. The Morgan fingerprint density at radius 3 is 2.33 bits per heavy atom. The molecule has 1 aromatic carbocycles. The molecule has 7 heteroatoms. The molecule has 0 fully saturated rings. The van der Waals surface area contributed by atoms with Crippen molar-refractivity contribution >= 4 is 11.8 Å². The van der Waals surface area contributed by atoms with Crippen molar-refractivity contribution in [3.63, 3.8) is 0 Å².